The number of anilines is 2. The molecule has 2 heterocycles. The van der Waals surface area contributed by atoms with E-state index in [4.69, 9.17) is 18.9 Å². The number of aromatic nitrogens is 2. The first-order valence-electron chi connectivity index (χ1n) is 19.3. The lowest BCUT2D eigenvalue weighted by atomic mass is 10.2. The summed E-state index contributed by atoms with van der Waals surface area (Å²) in [5, 5.41) is 10.6. The first-order chi connectivity index (χ1) is 29.7. The van der Waals surface area contributed by atoms with Gasteiger partial charge in [0.15, 0.2) is 0 Å². The van der Waals surface area contributed by atoms with Crippen LogP contribution in [0.3, 0.4) is 0 Å². The van der Waals surface area contributed by atoms with Crippen molar-refractivity contribution in [1.29, 1.82) is 0 Å². The van der Waals surface area contributed by atoms with Gasteiger partial charge in [-0.05, 0) is 72.8 Å². The number of ether oxygens (including phenoxy) is 4. The normalized spacial score (nSPS) is 11.3. The predicted molar refractivity (Wildman–Crippen MR) is 227 cm³/mol. The molecule has 4 rings (SSSR count). The number of nitrogens with zero attached hydrogens (tertiary/aromatic N) is 2. The molecule has 0 bridgehead atoms. The standard InChI is InChI=1S/C40H50N8O12S2/c1-29(49)41-15-19-57-23-25-59-21-17-45-39(51)31-3-7-35(8-4-31)61(53,54)47-33-11-13-43-37(27-33)38-28-34(12-14-44-38)48-62(55,56)36-9-5-32(6-10-36)40(52)46-18-22-60-26-24-58-20-16-42-30(2)50/h3-14,27-28H,15-26H2,1-2H3,(H,41,49)(H,42,50)(H,43,47)(H,44,48)(H,45,51)(H,46,52). The summed E-state index contributed by atoms with van der Waals surface area (Å²) in [6.45, 7) is 6.56. The lowest BCUT2D eigenvalue weighted by molar-refractivity contribution is -0.120. The SMILES string of the molecule is CC(=O)NCCOCCOCCNC(=O)c1ccc(S(=O)(=O)Nc2ccnc(-c3cc(NS(=O)(=O)c4ccc(C(=O)NCCOCCOCCNC(C)=O)cc4)ccn3)c2)cc1. The molecular formula is C40H50N8O12S2. The molecule has 0 aliphatic rings. The molecule has 0 radical (unpaired) electrons. The van der Waals surface area contributed by atoms with Crippen molar-refractivity contribution in [2.75, 3.05) is 88.5 Å². The number of hydrogen-bond donors (Lipinski definition) is 6. The Balaban J connectivity index is 1.23. The van der Waals surface area contributed by atoms with Crippen molar-refractivity contribution >= 4 is 55.1 Å². The summed E-state index contributed by atoms with van der Waals surface area (Å²) in [5.41, 5.74) is 1.27. The van der Waals surface area contributed by atoms with Crippen molar-refractivity contribution in [2.45, 2.75) is 23.6 Å². The van der Waals surface area contributed by atoms with E-state index < -0.39 is 31.9 Å². The van der Waals surface area contributed by atoms with Crippen molar-refractivity contribution in [3.8, 4) is 11.4 Å². The van der Waals surface area contributed by atoms with E-state index in [0.29, 0.717) is 52.7 Å². The van der Waals surface area contributed by atoms with E-state index in [0.717, 1.165) is 0 Å². The molecule has 0 atom stereocenters. The van der Waals surface area contributed by atoms with Crippen molar-refractivity contribution < 1.29 is 55.0 Å². The summed E-state index contributed by atoms with van der Waals surface area (Å²) in [6, 6.07) is 16.5. The molecule has 0 unspecified atom stereocenters. The Kier molecular flexibility index (Phi) is 19.6. The third kappa shape index (κ3) is 17.1. The zero-order chi connectivity index (χ0) is 44.8. The van der Waals surface area contributed by atoms with Gasteiger partial charge in [-0.2, -0.15) is 0 Å². The molecule has 0 fully saturated rings. The van der Waals surface area contributed by atoms with Crippen LogP contribution >= 0.6 is 0 Å². The first-order valence-corrected chi connectivity index (χ1v) is 22.2. The molecule has 20 nitrogen and oxygen atoms in total. The van der Waals surface area contributed by atoms with E-state index in [1.807, 2.05) is 0 Å². The largest absolute Gasteiger partial charge is 0.377 e. The molecule has 2 aromatic carbocycles. The van der Waals surface area contributed by atoms with E-state index in [-0.39, 0.29) is 81.8 Å². The van der Waals surface area contributed by atoms with Crippen molar-refractivity contribution in [2.24, 2.45) is 0 Å². The van der Waals surface area contributed by atoms with E-state index in [2.05, 4.69) is 40.7 Å². The molecule has 62 heavy (non-hydrogen) atoms. The van der Waals surface area contributed by atoms with Gasteiger partial charge >= 0.3 is 0 Å². The van der Waals surface area contributed by atoms with Gasteiger partial charge in [-0.25, -0.2) is 16.8 Å². The maximum absolute atomic E-state index is 13.2. The lowest BCUT2D eigenvalue weighted by Crippen LogP contribution is -2.28. The van der Waals surface area contributed by atoms with Crippen LogP contribution in [-0.4, -0.2) is 129 Å². The number of hydrogen-bond acceptors (Lipinski definition) is 14. The zero-order valence-corrected chi connectivity index (χ0v) is 35.8. The molecule has 0 aliphatic heterocycles. The molecular weight excluding hydrogens is 849 g/mol. The van der Waals surface area contributed by atoms with Crippen LogP contribution in [0.5, 0.6) is 0 Å². The number of carbonyl (C=O) groups excluding carboxylic acids is 4. The van der Waals surface area contributed by atoms with E-state index in [1.54, 1.807) is 0 Å². The fourth-order valence-electron chi connectivity index (χ4n) is 5.19. The van der Waals surface area contributed by atoms with Crippen LogP contribution < -0.4 is 30.7 Å². The van der Waals surface area contributed by atoms with E-state index in [9.17, 15) is 36.0 Å². The second-order valence-corrected chi connectivity index (χ2v) is 16.4. The molecule has 2 aromatic heterocycles. The molecule has 4 amide bonds. The van der Waals surface area contributed by atoms with Crippen LogP contribution in [0.15, 0.2) is 95.0 Å². The minimum Gasteiger partial charge on any atom is -0.377 e. The molecule has 4 aromatic rings. The van der Waals surface area contributed by atoms with Gasteiger partial charge in [0.2, 0.25) is 11.8 Å². The Morgan fingerprint density at radius 2 is 0.790 bits per heavy atom. The number of pyridine rings is 2. The lowest BCUT2D eigenvalue weighted by Gasteiger charge is -2.12. The van der Waals surface area contributed by atoms with Gasteiger partial charge in [0.1, 0.15) is 0 Å². The second-order valence-electron chi connectivity index (χ2n) is 13.0. The fourth-order valence-corrected chi connectivity index (χ4v) is 7.29. The van der Waals surface area contributed by atoms with Gasteiger partial charge < -0.3 is 40.2 Å². The summed E-state index contributed by atoms with van der Waals surface area (Å²) < 4.78 is 79.4. The maximum atomic E-state index is 13.2. The monoisotopic (exact) mass is 898 g/mol. The second kappa shape index (κ2) is 25.0. The molecule has 0 saturated heterocycles. The van der Waals surface area contributed by atoms with Gasteiger partial charge in [0.05, 0.1) is 85.4 Å². The summed E-state index contributed by atoms with van der Waals surface area (Å²) >= 11 is 0. The van der Waals surface area contributed by atoms with Crippen LogP contribution in [0.1, 0.15) is 34.6 Å². The number of carbonyl (C=O) groups is 4. The highest BCUT2D eigenvalue weighted by molar-refractivity contribution is 7.93. The van der Waals surface area contributed by atoms with Crippen LogP contribution in [0.4, 0.5) is 11.4 Å². The number of rotatable bonds is 27. The van der Waals surface area contributed by atoms with Gasteiger partial charge in [-0.15, -0.1) is 0 Å². The molecule has 22 heteroatoms. The average molecular weight is 899 g/mol. The van der Waals surface area contributed by atoms with Crippen molar-refractivity contribution in [3.63, 3.8) is 0 Å². The summed E-state index contributed by atoms with van der Waals surface area (Å²) in [7, 11) is -8.20. The maximum Gasteiger partial charge on any atom is 0.261 e. The fraction of sp³-hybridized carbons (Fsp3) is 0.350. The predicted octanol–water partition coefficient (Wildman–Crippen LogP) is 1.54. The molecule has 0 aliphatic carbocycles. The topological polar surface area (TPSA) is 271 Å². The minimum atomic E-state index is -4.10. The van der Waals surface area contributed by atoms with Crippen LogP contribution in [0, 0.1) is 0 Å². The molecule has 6 N–H and O–H groups in total. The minimum absolute atomic E-state index is 0.0992. The quantitative estimate of drug-likeness (QED) is 0.0464. The highest BCUT2D eigenvalue weighted by Gasteiger charge is 2.18. The van der Waals surface area contributed by atoms with Crippen LogP contribution in [-0.2, 0) is 48.6 Å². The average Bonchev–Trinajstić information content (AvgIpc) is 3.24. The Labute approximate surface area is 360 Å². The van der Waals surface area contributed by atoms with Gasteiger partial charge in [0.25, 0.3) is 31.9 Å². The Morgan fingerprint density at radius 3 is 1.11 bits per heavy atom. The smallest absolute Gasteiger partial charge is 0.261 e. The first kappa shape index (κ1) is 48.6. The van der Waals surface area contributed by atoms with Gasteiger partial charge in [0, 0.05) is 63.5 Å². The van der Waals surface area contributed by atoms with Crippen LogP contribution in [0.25, 0.3) is 11.4 Å². The summed E-state index contributed by atoms with van der Waals surface area (Å²) in [4.78, 5) is 55.1. The van der Waals surface area contributed by atoms with Crippen molar-refractivity contribution in [3.05, 3.63) is 96.3 Å². The number of sulfonamides is 2. The number of benzene rings is 2. The van der Waals surface area contributed by atoms with Gasteiger partial charge in [-0.3, -0.25) is 38.6 Å². The zero-order valence-electron chi connectivity index (χ0n) is 34.2. The third-order valence-corrected chi connectivity index (χ3v) is 11.0. The summed E-state index contributed by atoms with van der Waals surface area (Å²) in [6.07, 6.45) is 2.73. The Morgan fingerprint density at radius 1 is 0.468 bits per heavy atom. The number of nitrogens with one attached hydrogen (secondary N) is 6. The third-order valence-electron chi connectivity index (χ3n) is 8.19. The van der Waals surface area contributed by atoms with Crippen LogP contribution in [0.2, 0.25) is 0 Å². The summed E-state index contributed by atoms with van der Waals surface area (Å²) in [5.74, 6) is -1.10. The molecule has 0 saturated carbocycles. The highest BCUT2D eigenvalue weighted by Crippen LogP contribution is 2.25. The van der Waals surface area contributed by atoms with Gasteiger partial charge in [-0.1, -0.05) is 0 Å². The number of amides is 4. The Hall–Kier alpha value is -6.04. The van der Waals surface area contributed by atoms with E-state index in [1.165, 1.54) is 99.0 Å². The molecule has 334 valence electrons. The highest BCUT2D eigenvalue weighted by atomic mass is 32.2. The van der Waals surface area contributed by atoms with Crippen molar-refractivity contribution in [1.82, 2.24) is 31.2 Å². The molecule has 0 spiro atoms. The Bertz CT molecular complexity index is 2150. The van der Waals surface area contributed by atoms with E-state index >= 15 is 0 Å².